The summed E-state index contributed by atoms with van der Waals surface area (Å²) in [5, 5.41) is 0. The fraction of sp³-hybridized carbons (Fsp3) is 0.286. The van der Waals surface area contributed by atoms with Gasteiger partial charge >= 0.3 is 12.3 Å². The maximum absolute atomic E-state index is 13.9. The minimum atomic E-state index is -4.13. The number of aryl methyl sites for hydroxylation is 1. The number of unbranched alkanes of at least 4 members (excludes halogenated alkanes) is 2. The van der Waals surface area contributed by atoms with Crippen molar-refractivity contribution in [1.29, 1.82) is 0 Å². The zero-order valence-corrected chi connectivity index (χ0v) is 14.8. The van der Waals surface area contributed by atoms with Gasteiger partial charge in [0.2, 0.25) is 0 Å². The number of halogens is 3. The molecular weight excluding hydrogens is 357 g/mol. The molecule has 0 saturated carbocycles. The Morgan fingerprint density at radius 1 is 0.963 bits per heavy atom. The number of ether oxygens (including phenoxy) is 2. The highest BCUT2D eigenvalue weighted by atomic mass is 19.3. The van der Waals surface area contributed by atoms with Crippen LogP contribution in [0.15, 0.2) is 61.2 Å². The van der Waals surface area contributed by atoms with E-state index in [-0.39, 0.29) is 18.0 Å². The second-order valence-corrected chi connectivity index (χ2v) is 5.94. The van der Waals surface area contributed by atoms with Crippen molar-refractivity contribution < 1.29 is 27.4 Å². The summed E-state index contributed by atoms with van der Waals surface area (Å²) in [6.07, 6.45) is -1.29. The van der Waals surface area contributed by atoms with Crippen LogP contribution in [0.5, 0.6) is 5.75 Å². The zero-order valence-electron chi connectivity index (χ0n) is 14.8. The summed E-state index contributed by atoms with van der Waals surface area (Å²) in [6, 6.07) is 14.2. The first kappa shape index (κ1) is 20.6. The van der Waals surface area contributed by atoms with Crippen molar-refractivity contribution in [2.45, 2.75) is 32.0 Å². The van der Waals surface area contributed by atoms with E-state index in [0.29, 0.717) is 12.0 Å². The van der Waals surface area contributed by atoms with E-state index in [2.05, 4.69) is 16.1 Å². The molecule has 27 heavy (non-hydrogen) atoms. The summed E-state index contributed by atoms with van der Waals surface area (Å²) in [7, 11) is 0. The molecule has 0 aliphatic rings. The lowest BCUT2D eigenvalue weighted by Crippen LogP contribution is -2.31. The average molecular weight is 378 g/mol. The Balaban J connectivity index is 1.89. The molecule has 6 heteroatoms. The second-order valence-electron chi connectivity index (χ2n) is 5.94. The molecule has 0 saturated heterocycles. The van der Waals surface area contributed by atoms with Gasteiger partial charge in [-0.1, -0.05) is 55.5 Å². The molecular formula is C21H21F3O3. The summed E-state index contributed by atoms with van der Waals surface area (Å²) in [6.45, 7) is 3.15. The molecule has 0 spiro atoms. The Morgan fingerprint density at radius 3 is 2.26 bits per heavy atom. The van der Waals surface area contributed by atoms with Crippen LogP contribution < -0.4 is 4.74 Å². The van der Waals surface area contributed by atoms with Gasteiger partial charge in [-0.05, 0) is 42.5 Å². The van der Waals surface area contributed by atoms with Gasteiger partial charge in [0, 0.05) is 0 Å². The van der Waals surface area contributed by atoms with Gasteiger partial charge in [-0.2, -0.15) is 0 Å². The van der Waals surface area contributed by atoms with Gasteiger partial charge in [-0.3, -0.25) is 4.39 Å². The van der Waals surface area contributed by atoms with E-state index in [1.54, 1.807) is 42.5 Å². The van der Waals surface area contributed by atoms with Crippen molar-refractivity contribution in [1.82, 2.24) is 0 Å². The SMILES string of the molecule is C=C(C(=O)OC(F)(F)Oc1ccc(CCCCCF)cc1)c1ccccc1. The molecule has 2 aromatic rings. The number of hydrogen-bond acceptors (Lipinski definition) is 3. The van der Waals surface area contributed by atoms with Crippen molar-refractivity contribution in [2.75, 3.05) is 6.67 Å². The highest BCUT2D eigenvalue weighted by Gasteiger charge is 2.39. The topological polar surface area (TPSA) is 35.5 Å². The molecule has 2 rings (SSSR count). The van der Waals surface area contributed by atoms with Crippen molar-refractivity contribution >= 4 is 11.5 Å². The number of alkyl halides is 3. The summed E-state index contributed by atoms with van der Waals surface area (Å²) in [5.41, 5.74) is 1.12. The Bertz CT molecular complexity index is 743. The summed E-state index contributed by atoms with van der Waals surface area (Å²) in [5.74, 6) is -1.40. The fourth-order valence-corrected chi connectivity index (χ4v) is 2.41. The molecule has 0 aromatic heterocycles. The van der Waals surface area contributed by atoms with Crippen LogP contribution in [0, 0.1) is 0 Å². The molecule has 0 atom stereocenters. The molecule has 0 aliphatic heterocycles. The van der Waals surface area contributed by atoms with E-state index in [0.717, 1.165) is 24.8 Å². The van der Waals surface area contributed by atoms with E-state index >= 15 is 0 Å². The fourth-order valence-electron chi connectivity index (χ4n) is 2.41. The first-order valence-corrected chi connectivity index (χ1v) is 8.61. The summed E-state index contributed by atoms with van der Waals surface area (Å²) >= 11 is 0. The number of hydrogen-bond donors (Lipinski definition) is 0. The van der Waals surface area contributed by atoms with Crippen LogP contribution in [0.25, 0.3) is 5.57 Å². The third-order valence-electron chi connectivity index (χ3n) is 3.84. The van der Waals surface area contributed by atoms with Crippen LogP contribution in [0.1, 0.15) is 30.4 Å². The van der Waals surface area contributed by atoms with Gasteiger partial charge in [-0.25, -0.2) is 4.79 Å². The maximum atomic E-state index is 13.9. The number of esters is 1. The Hall–Kier alpha value is -2.76. The van der Waals surface area contributed by atoms with Crippen LogP contribution >= 0.6 is 0 Å². The van der Waals surface area contributed by atoms with E-state index in [4.69, 9.17) is 0 Å². The molecule has 0 radical (unpaired) electrons. The number of benzene rings is 2. The normalized spacial score (nSPS) is 11.1. The van der Waals surface area contributed by atoms with Crippen LogP contribution in [-0.2, 0) is 16.0 Å². The lowest BCUT2D eigenvalue weighted by Gasteiger charge is -2.18. The zero-order chi connectivity index (χ0) is 19.7. The molecule has 0 amide bonds. The van der Waals surface area contributed by atoms with E-state index in [9.17, 15) is 18.0 Å². The molecule has 3 nitrogen and oxygen atoms in total. The molecule has 144 valence electrons. The highest BCUT2D eigenvalue weighted by molar-refractivity contribution is 6.15. The van der Waals surface area contributed by atoms with Crippen molar-refractivity contribution in [3.63, 3.8) is 0 Å². The minimum Gasteiger partial charge on any atom is -0.399 e. The van der Waals surface area contributed by atoms with E-state index in [1.165, 1.54) is 12.1 Å². The average Bonchev–Trinajstić information content (AvgIpc) is 2.66. The largest absolute Gasteiger partial charge is 0.588 e. The predicted molar refractivity (Wildman–Crippen MR) is 97.1 cm³/mol. The lowest BCUT2D eigenvalue weighted by atomic mass is 10.1. The Kier molecular flexibility index (Phi) is 7.46. The number of carbonyl (C=O) groups is 1. The Morgan fingerprint density at radius 2 is 1.63 bits per heavy atom. The molecule has 0 unspecified atom stereocenters. The summed E-state index contributed by atoms with van der Waals surface area (Å²) < 4.78 is 48.4. The van der Waals surface area contributed by atoms with Crippen molar-refractivity contribution in [2.24, 2.45) is 0 Å². The number of rotatable bonds is 10. The van der Waals surface area contributed by atoms with Crippen molar-refractivity contribution in [3.05, 3.63) is 72.3 Å². The molecule has 0 bridgehead atoms. The molecule has 2 aromatic carbocycles. The summed E-state index contributed by atoms with van der Waals surface area (Å²) in [4.78, 5) is 11.9. The van der Waals surface area contributed by atoms with Gasteiger partial charge in [-0.15, -0.1) is 8.78 Å². The second kappa shape index (κ2) is 9.80. The number of carbonyl (C=O) groups excluding carboxylic acids is 1. The van der Waals surface area contributed by atoms with Crippen LogP contribution in [-0.4, -0.2) is 18.9 Å². The van der Waals surface area contributed by atoms with Crippen LogP contribution in [0.3, 0.4) is 0 Å². The maximum Gasteiger partial charge on any atom is 0.588 e. The molecule has 0 N–H and O–H groups in total. The minimum absolute atomic E-state index is 0.134. The van der Waals surface area contributed by atoms with Gasteiger partial charge in [0.25, 0.3) is 0 Å². The third kappa shape index (κ3) is 6.81. The predicted octanol–water partition coefficient (Wildman–Crippen LogP) is 5.55. The standard InChI is InChI=1S/C21H21F3O3/c1-16(18-9-5-2-6-10-18)20(25)27-21(23,24)26-19-13-11-17(12-14-19)8-4-3-7-15-22/h2,5-6,9-14H,1,3-4,7-8,15H2. The third-order valence-corrected chi connectivity index (χ3v) is 3.84. The van der Waals surface area contributed by atoms with Gasteiger partial charge in [0.1, 0.15) is 5.75 Å². The van der Waals surface area contributed by atoms with Crippen LogP contribution in [0.2, 0.25) is 0 Å². The van der Waals surface area contributed by atoms with Crippen LogP contribution in [0.4, 0.5) is 13.2 Å². The molecule has 0 fully saturated rings. The van der Waals surface area contributed by atoms with Gasteiger partial charge < -0.3 is 9.47 Å². The first-order chi connectivity index (χ1) is 12.9. The first-order valence-electron chi connectivity index (χ1n) is 8.61. The molecule has 0 heterocycles. The quantitative estimate of drug-likeness (QED) is 0.235. The van der Waals surface area contributed by atoms with Gasteiger partial charge in [0.05, 0.1) is 12.2 Å². The van der Waals surface area contributed by atoms with E-state index in [1.807, 2.05) is 0 Å². The van der Waals surface area contributed by atoms with Gasteiger partial charge in [0.15, 0.2) is 0 Å². The monoisotopic (exact) mass is 378 g/mol. The highest BCUT2D eigenvalue weighted by Crippen LogP contribution is 2.26. The smallest absolute Gasteiger partial charge is 0.399 e. The van der Waals surface area contributed by atoms with Crippen molar-refractivity contribution in [3.8, 4) is 5.75 Å². The Labute approximate surface area is 156 Å². The lowest BCUT2D eigenvalue weighted by molar-refractivity contribution is -0.331. The molecule has 0 aliphatic carbocycles. The van der Waals surface area contributed by atoms with E-state index < -0.39 is 12.3 Å².